The molecule has 21 heavy (non-hydrogen) atoms. The quantitative estimate of drug-likeness (QED) is 0.767. The maximum absolute atomic E-state index is 11.9. The van der Waals surface area contributed by atoms with E-state index in [0.29, 0.717) is 13.1 Å². The molecule has 1 aromatic rings. The lowest BCUT2D eigenvalue weighted by molar-refractivity contribution is -0.149. The maximum atomic E-state index is 11.9. The van der Waals surface area contributed by atoms with Gasteiger partial charge in [-0.15, -0.1) is 0 Å². The lowest BCUT2D eigenvalue weighted by Crippen LogP contribution is -2.65. The van der Waals surface area contributed by atoms with Crippen molar-refractivity contribution < 1.29 is 9.59 Å². The number of anilines is 1. The summed E-state index contributed by atoms with van der Waals surface area (Å²) in [5.74, 6) is 0.806. The zero-order chi connectivity index (χ0) is 14.8. The molecule has 2 fully saturated rings. The molecule has 0 radical (unpaired) electrons. The number of carbonyl (C=O) groups is 2. The molecule has 2 N–H and O–H groups in total. The number of fused-ring (bicyclic) bond motifs is 1. The number of aromatic nitrogens is 1. The lowest BCUT2D eigenvalue weighted by Gasteiger charge is -2.43. The molecule has 2 saturated heterocycles. The molecule has 3 heterocycles. The van der Waals surface area contributed by atoms with Crippen molar-refractivity contribution in [2.75, 3.05) is 38.5 Å². The van der Waals surface area contributed by atoms with E-state index in [1.54, 1.807) is 11.1 Å². The van der Waals surface area contributed by atoms with Gasteiger partial charge in [0.25, 0.3) is 0 Å². The second-order valence-corrected chi connectivity index (χ2v) is 5.32. The van der Waals surface area contributed by atoms with Gasteiger partial charge in [-0.2, -0.15) is 0 Å². The molecular weight excluding hydrogens is 270 g/mol. The minimum Gasteiger partial charge on any atom is -0.373 e. The van der Waals surface area contributed by atoms with E-state index in [4.69, 9.17) is 0 Å². The van der Waals surface area contributed by atoms with Gasteiger partial charge in [-0.05, 0) is 6.07 Å². The van der Waals surface area contributed by atoms with Crippen LogP contribution in [0.3, 0.4) is 0 Å². The first-order valence-electron chi connectivity index (χ1n) is 7.10. The van der Waals surface area contributed by atoms with E-state index in [-0.39, 0.29) is 24.4 Å². The van der Waals surface area contributed by atoms with E-state index in [1.165, 1.54) is 0 Å². The standard InChI is InChI=1S/C14H19N5O2/c1-15-13-10(3-2-4-16-13)8-18-5-6-19-11(9-18)14(21)17-7-12(19)20/h2-4,11H,5-9H2,1H3,(H,15,16)(H,17,21)/t11-/m1/s1. The van der Waals surface area contributed by atoms with Crippen molar-refractivity contribution in [3.05, 3.63) is 23.9 Å². The number of nitrogens with one attached hydrogen (secondary N) is 2. The minimum absolute atomic E-state index is 0.0107. The normalized spacial score (nSPS) is 22.7. The predicted molar refractivity (Wildman–Crippen MR) is 77.6 cm³/mol. The molecule has 0 aliphatic carbocycles. The lowest BCUT2D eigenvalue weighted by atomic mass is 10.1. The smallest absolute Gasteiger partial charge is 0.244 e. The van der Waals surface area contributed by atoms with Crippen LogP contribution in [-0.2, 0) is 16.1 Å². The average Bonchev–Trinajstić information content (AvgIpc) is 2.52. The molecular formula is C14H19N5O2. The largest absolute Gasteiger partial charge is 0.373 e. The van der Waals surface area contributed by atoms with Crippen LogP contribution in [0.15, 0.2) is 18.3 Å². The number of amides is 2. The maximum Gasteiger partial charge on any atom is 0.244 e. The number of nitrogens with zero attached hydrogens (tertiary/aromatic N) is 3. The van der Waals surface area contributed by atoms with E-state index >= 15 is 0 Å². The highest BCUT2D eigenvalue weighted by molar-refractivity contribution is 5.95. The molecule has 1 atom stereocenters. The Hall–Kier alpha value is -2.15. The Morgan fingerprint density at radius 2 is 2.29 bits per heavy atom. The van der Waals surface area contributed by atoms with Gasteiger partial charge in [0.05, 0.1) is 6.54 Å². The van der Waals surface area contributed by atoms with Gasteiger partial charge in [-0.3, -0.25) is 14.5 Å². The molecule has 3 rings (SSSR count). The number of piperazine rings is 2. The molecule has 0 aromatic carbocycles. The summed E-state index contributed by atoms with van der Waals surface area (Å²) >= 11 is 0. The average molecular weight is 289 g/mol. The summed E-state index contributed by atoms with van der Waals surface area (Å²) in [4.78, 5) is 31.9. The van der Waals surface area contributed by atoms with Crippen LogP contribution in [0.5, 0.6) is 0 Å². The summed E-state index contributed by atoms with van der Waals surface area (Å²) in [5, 5.41) is 5.73. The Labute approximate surface area is 123 Å². The van der Waals surface area contributed by atoms with Crippen LogP contribution in [0, 0.1) is 0 Å². The van der Waals surface area contributed by atoms with E-state index in [1.807, 2.05) is 19.2 Å². The van der Waals surface area contributed by atoms with Crippen molar-refractivity contribution >= 4 is 17.6 Å². The summed E-state index contributed by atoms with van der Waals surface area (Å²) < 4.78 is 0. The van der Waals surface area contributed by atoms with E-state index in [0.717, 1.165) is 24.5 Å². The monoisotopic (exact) mass is 289 g/mol. The molecule has 0 saturated carbocycles. The van der Waals surface area contributed by atoms with Crippen molar-refractivity contribution in [2.24, 2.45) is 0 Å². The molecule has 0 unspecified atom stereocenters. The number of rotatable bonds is 3. The molecule has 2 aliphatic heterocycles. The zero-order valence-electron chi connectivity index (χ0n) is 12.0. The SMILES string of the molecule is CNc1ncccc1CN1CCN2C(=O)CNC(=O)[C@H]2C1. The Morgan fingerprint density at radius 3 is 3.10 bits per heavy atom. The molecule has 1 aromatic heterocycles. The number of hydrogen-bond acceptors (Lipinski definition) is 5. The van der Waals surface area contributed by atoms with Crippen molar-refractivity contribution in [2.45, 2.75) is 12.6 Å². The van der Waals surface area contributed by atoms with Gasteiger partial charge in [0, 0.05) is 45.0 Å². The predicted octanol–water partition coefficient (Wildman–Crippen LogP) is -0.734. The van der Waals surface area contributed by atoms with Crippen LogP contribution in [0.4, 0.5) is 5.82 Å². The number of carbonyl (C=O) groups excluding carboxylic acids is 2. The van der Waals surface area contributed by atoms with Crippen LogP contribution in [-0.4, -0.2) is 65.9 Å². The van der Waals surface area contributed by atoms with Crippen molar-refractivity contribution in [3.63, 3.8) is 0 Å². The zero-order valence-corrected chi connectivity index (χ0v) is 12.0. The topological polar surface area (TPSA) is 77.6 Å². The van der Waals surface area contributed by atoms with Gasteiger partial charge in [-0.25, -0.2) is 4.98 Å². The van der Waals surface area contributed by atoms with Crippen LogP contribution in [0.2, 0.25) is 0 Å². The van der Waals surface area contributed by atoms with Crippen LogP contribution in [0.1, 0.15) is 5.56 Å². The van der Waals surface area contributed by atoms with Gasteiger partial charge < -0.3 is 15.5 Å². The molecule has 112 valence electrons. The Bertz CT molecular complexity index is 562. The van der Waals surface area contributed by atoms with E-state index < -0.39 is 0 Å². The summed E-state index contributed by atoms with van der Waals surface area (Å²) in [6.07, 6.45) is 1.75. The van der Waals surface area contributed by atoms with Gasteiger partial charge in [0.1, 0.15) is 11.9 Å². The molecule has 0 spiro atoms. The Morgan fingerprint density at radius 1 is 1.43 bits per heavy atom. The fourth-order valence-electron chi connectivity index (χ4n) is 2.92. The van der Waals surface area contributed by atoms with Crippen molar-refractivity contribution in [1.29, 1.82) is 0 Å². The first-order chi connectivity index (χ1) is 10.2. The molecule has 2 amide bonds. The second-order valence-electron chi connectivity index (χ2n) is 5.32. The summed E-state index contributed by atoms with van der Waals surface area (Å²) in [5.41, 5.74) is 1.09. The second kappa shape index (κ2) is 5.69. The molecule has 7 heteroatoms. The third-order valence-corrected chi connectivity index (χ3v) is 4.02. The highest BCUT2D eigenvalue weighted by atomic mass is 16.2. The first kappa shape index (κ1) is 13.8. The third-order valence-electron chi connectivity index (χ3n) is 4.02. The van der Waals surface area contributed by atoms with Gasteiger partial charge in [0.2, 0.25) is 11.8 Å². The summed E-state index contributed by atoms with van der Waals surface area (Å²) in [6, 6.07) is 3.57. The highest BCUT2D eigenvalue weighted by Gasteiger charge is 2.38. The molecule has 7 nitrogen and oxygen atoms in total. The van der Waals surface area contributed by atoms with Crippen LogP contribution >= 0.6 is 0 Å². The Kier molecular flexibility index (Phi) is 3.74. The van der Waals surface area contributed by atoms with E-state index in [9.17, 15) is 9.59 Å². The highest BCUT2D eigenvalue weighted by Crippen LogP contribution is 2.18. The van der Waals surface area contributed by atoms with E-state index in [2.05, 4.69) is 20.5 Å². The van der Waals surface area contributed by atoms with Crippen molar-refractivity contribution in [1.82, 2.24) is 20.1 Å². The van der Waals surface area contributed by atoms with Gasteiger partial charge in [0.15, 0.2) is 0 Å². The minimum atomic E-state index is -0.366. The summed E-state index contributed by atoms with van der Waals surface area (Å²) in [7, 11) is 1.84. The molecule has 0 bridgehead atoms. The van der Waals surface area contributed by atoms with Crippen LogP contribution < -0.4 is 10.6 Å². The Balaban J connectivity index is 1.71. The molecule has 2 aliphatic rings. The van der Waals surface area contributed by atoms with Crippen molar-refractivity contribution in [3.8, 4) is 0 Å². The van der Waals surface area contributed by atoms with Gasteiger partial charge in [-0.1, -0.05) is 6.07 Å². The van der Waals surface area contributed by atoms with Crippen LogP contribution in [0.25, 0.3) is 0 Å². The first-order valence-corrected chi connectivity index (χ1v) is 7.10. The van der Waals surface area contributed by atoms with Gasteiger partial charge >= 0.3 is 0 Å². The fraction of sp³-hybridized carbons (Fsp3) is 0.500. The fourth-order valence-corrected chi connectivity index (χ4v) is 2.92. The third kappa shape index (κ3) is 2.69. The summed E-state index contributed by atoms with van der Waals surface area (Å²) in [6.45, 7) is 2.78. The number of hydrogen-bond donors (Lipinski definition) is 2. The number of pyridine rings is 1.